The van der Waals surface area contributed by atoms with Gasteiger partial charge >= 0.3 is 0 Å². The van der Waals surface area contributed by atoms with Crippen molar-refractivity contribution in [2.24, 2.45) is 0 Å². The van der Waals surface area contributed by atoms with Gasteiger partial charge < -0.3 is 11.5 Å². The monoisotopic (exact) mass is 670 g/mol. The third-order valence-corrected chi connectivity index (χ3v) is 10.1. The first kappa shape index (κ1) is 35.7. The second-order valence-corrected chi connectivity index (χ2v) is 14.4. The molecule has 6 aromatic carbocycles. The normalized spacial score (nSPS) is 11.2. The molecule has 0 unspecified atom stereocenters. The Morgan fingerprint density at radius 1 is 0.314 bits per heavy atom. The summed E-state index contributed by atoms with van der Waals surface area (Å²) in [5.74, 6) is 0. The van der Waals surface area contributed by atoms with Crippen LogP contribution in [-0.2, 0) is 38.5 Å². The van der Waals surface area contributed by atoms with Gasteiger partial charge in [0.05, 0.1) is 0 Å². The molecular weight excluding hydrogens is 617 g/mol. The largest absolute Gasteiger partial charge is 0.399 e. The van der Waals surface area contributed by atoms with Crippen LogP contribution in [0.3, 0.4) is 0 Å². The van der Waals surface area contributed by atoms with Gasteiger partial charge in [-0.25, -0.2) is 0 Å². The highest BCUT2D eigenvalue weighted by Crippen LogP contribution is 2.23. The van der Waals surface area contributed by atoms with Gasteiger partial charge in [-0.3, -0.25) is 0 Å². The van der Waals surface area contributed by atoms with E-state index in [1.807, 2.05) is 24.3 Å². The lowest BCUT2D eigenvalue weighted by Gasteiger charge is -2.14. The third kappa shape index (κ3) is 11.2. The van der Waals surface area contributed by atoms with Crippen molar-refractivity contribution < 1.29 is 0 Å². The van der Waals surface area contributed by atoms with Crippen LogP contribution in [0.15, 0.2) is 140 Å². The van der Waals surface area contributed by atoms with Crippen molar-refractivity contribution in [3.05, 3.63) is 201 Å². The standard InChI is InChI=1S/C49H54N2/c1-2-3-4-5-6-7-8-46-36-45(21-26-47(46)35-44-19-17-40(18-20-44)33-43-24-29-49(51)30-25-43)34-41-15-13-38(14-16-41)31-37-9-11-39(12-10-37)32-42-22-27-48(50)28-23-42/h9-30,36H,2-8,31-35,50-51H2,1H3. The molecule has 0 aromatic heterocycles. The molecule has 0 saturated heterocycles. The van der Waals surface area contributed by atoms with Crippen molar-refractivity contribution >= 4 is 11.4 Å². The lowest BCUT2D eigenvalue weighted by molar-refractivity contribution is 0.606. The number of hydrogen-bond acceptors (Lipinski definition) is 2. The topological polar surface area (TPSA) is 52.0 Å². The summed E-state index contributed by atoms with van der Waals surface area (Å²) in [5, 5.41) is 0. The molecule has 6 aromatic rings. The van der Waals surface area contributed by atoms with Crippen LogP contribution in [0.5, 0.6) is 0 Å². The SMILES string of the molecule is CCCCCCCCc1cc(Cc2ccc(Cc3ccc(Cc4ccc(N)cc4)cc3)cc2)ccc1Cc1ccc(Cc2ccc(N)cc2)cc1. The van der Waals surface area contributed by atoms with Crippen LogP contribution in [-0.4, -0.2) is 0 Å². The van der Waals surface area contributed by atoms with Crippen LogP contribution in [0.4, 0.5) is 11.4 Å². The number of benzene rings is 6. The van der Waals surface area contributed by atoms with E-state index in [2.05, 4.69) is 122 Å². The lowest BCUT2D eigenvalue weighted by Crippen LogP contribution is -2.00. The van der Waals surface area contributed by atoms with Crippen molar-refractivity contribution in [3.63, 3.8) is 0 Å². The average Bonchev–Trinajstić information content (AvgIpc) is 3.15. The van der Waals surface area contributed by atoms with Crippen LogP contribution in [0.2, 0.25) is 0 Å². The molecule has 0 fully saturated rings. The predicted octanol–water partition coefficient (Wildman–Crippen LogP) is 11.7. The van der Waals surface area contributed by atoms with E-state index < -0.39 is 0 Å². The van der Waals surface area contributed by atoms with E-state index in [1.54, 1.807) is 0 Å². The average molecular weight is 671 g/mol. The van der Waals surface area contributed by atoms with E-state index in [0.717, 1.165) is 49.9 Å². The Kier molecular flexibility index (Phi) is 12.8. The summed E-state index contributed by atoms with van der Waals surface area (Å²) in [4.78, 5) is 0. The maximum Gasteiger partial charge on any atom is 0.0314 e. The van der Waals surface area contributed by atoms with Crippen LogP contribution in [0, 0.1) is 0 Å². The molecule has 0 spiro atoms. The summed E-state index contributed by atoms with van der Waals surface area (Å²) >= 11 is 0. The van der Waals surface area contributed by atoms with Gasteiger partial charge in [-0.15, -0.1) is 0 Å². The number of nitrogens with two attached hydrogens (primary N) is 2. The molecule has 0 aliphatic rings. The fraction of sp³-hybridized carbons (Fsp3) is 0.265. The quantitative estimate of drug-likeness (QED) is 0.0749. The molecule has 0 aliphatic carbocycles. The van der Waals surface area contributed by atoms with Crippen molar-refractivity contribution in [1.29, 1.82) is 0 Å². The van der Waals surface area contributed by atoms with Crippen molar-refractivity contribution in [2.45, 2.75) is 84.0 Å². The molecule has 0 aliphatic heterocycles. The molecule has 2 nitrogen and oxygen atoms in total. The lowest BCUT2D eigenvalue weighted by atomic mass is 9.91. The Bertz CT molecular complexity index is 1920. The minimum Gasteiger partial charge on any atom is -0.399 e. The van der Waals surface area contributed by atoms with Gasteiger partial charge in [0.2, 0.25) is 0 Å². The maximum atomic E-state index is 5.88. The number of unbranched alkanes of at least 4 members (excludes halogenated alkanes) is 5. The zero-order chi connectivity index (χ0) is 35.3. The van der Waals surface area contributed by atoms with Crippen LogP contribution >= 0.6 is 0 Å². The van der Waals surface area contributed by atoms with E-state index in [1.165, 1.54) is 99.7 Å². The Morgan fingerprint density at radius 2 is 0.627 bits per heavy atom. The summed E-state index contributed by atoms with van der Waals surface area (Å²) in [6.45, 7) is 2.29. The van der Waals surface area contributed by atoms with E-state index >= 15 is 0 Å². The van der Waals surface area contributed by atoms with Gasteiger partial charge in [-0.2, -0.15) is 0 Å². The van der Waals surface area contributed by atoms with Crippen LogP contribution in [0.25, 0.3) is 0 Å². The molecule has 260 valence electrons. The second kappa shape index (κ2) is 18.2. The third-order valence-electron chi connectivity index (χ3n) is 10.1. The van der Waals surface area contributed by atoms with Crippen LogP contribution < -0.4 is 11.5 Å². The molecule has 6 rings (SSSR count). The predicted molar refractivity (Wildman–Crippen MR) is 219 cm³/mol. The molecule has 0 bridgehead atoms. The van der Waals surface area contributed by atoms with Gasteiger partial charge in [0.15, 0.2) is 0 Å². The Hall–Kier alpha value is -5.08. The van der Waals surface area contributed by atoms with Gasteiger partial charge in [-0.05, 0) is 130 Å². The highest BCUT2D eigenvalue weighted by molar-refractivity contribution is 5.43. The molecule has 4 N–H and O–H groups in total. The van der Waals surface area contributed by atoms with Gasteiger partial charge in [0, 0.05) is 11.4 Å². The molecule has 0 amide bonds. The fourth-order valence-corrected chi connectivity index (χ4v) is 7.05. The molecule has 0 heterocycles. The number of hydrogen-bond donors (Lipinski definition) is 2. The first-order valence-corrected chi connectivity index (χ1v) is 19.0. The van der Waals surface area contributed by atoms with E-state index in [0.29, 0.717) is 0 Å². The Labute approximate surface area is 306 Å². The first-order valence-electron chi connectivity index (χ1n) is 19.0. The molecule has 2 heteroatoms. The smallest absolute Gasteiger partial charge is 0.0314 e. The Morgan fingerprint density at radius 3 is 1.04 bits per heavy atom. The van der Waals surface area contributed by atoms with Gasteiger partial charge in [-0.1, -0.05) is 154 Å². The van der Waals surface area contributed by atoms with Gasteiger partial charge in [0.25, 0.3) is 0 Å². The van der Waals surface area contributed by atoms with Crippen molar-refractivity contribution in [3.8, 4) is 0 Å². The minimum absolute atomic E-state index is 0.811. The number of nitrogen functional groups attached to an aromatic ring is 2. The van der Waals surface area contributed by atoms with E-state index in [-0.39, 0.29) is 0 Å². The fourth-order valence-electron chi connectivity index (χ4n) is 7.05. The summed E-state index contributed by atoms with van der Waals surface area (Å²) < 4.78 is 0. The maximum absolute atomic E-state index is 5.88. The summed E-state index contributed by atoms with van der Waals surface area (Å²) in [5.41, 5.74) is 28.4. The van der Waals surface area contributed by atoms with E-state index in [9.17, 15) is 0 Å². The molecule has 0 atom stereocenters. The van der Waals surface area contributed by atoms with Crippen LogP contribution in [0.1, 0.15) is 107 Å². The van der Waals surface area contributed by atoms with Crippen molar-refractivity contribution in [2.75, 3.05) is 11.5 Å². The number of anilines is 2. The van der Waals surface area contributed by atoms with E-state index in [4.69, 9.17) is 11.5 Å². The number of rotatable bonds is 17. The van der Waals surface area contributed by atoms with Crippen molar-refractivity contribution in [1.82, 2.24) is 0 Å². The highest BCUT2D eigenvalue weighted by atomic mass is 14.5. The number of aryl methyl sites for hydroxylation is 1. The molecular formula is C49H54N2. The zero-order valence-electron chi connectivity index (χ0n) is 30.4. The highest BCUT2D eigenvalue weighted by Gasteiger charge is 2.09. The zero-order valence-corrected chi connectivity index (χ0v) is 30.4. The molecule has 0 radical (unpaired) electrons. The summed E-state index contributed by atoms with van der Waals surface area (Å²) in [7, 11) is 0. The molecule has 51 heavy (non-hydrogen) atoms. The summed E-state index contributed by atoms with van der Waals surface area (Å²) in [6, 6.07) is 51.1. The minimum atomic E-state index is 0.811. The van der Waals surface area contributed by atoms with Gasteiger partial charge in [0.1, 0.15) is 0 Å². The molecule has 0 saturated carbocycles. The first-order chi connectivity index (χ1) is 25.0. The summed E-state index contributed by atoms with van der Waals surface area (Å²) in [6.07, 6.45) is 13.8. The second-order valence-electron chi connectivity index (χ2n) is 14.4. The Balaban J connectivity index is 1.07.